The van der Waals surface area contributed by atoms with Crippen LogP contribution in [0.2, 0.25) is 0 Å². The maximum atomic E-state index is 5.76. The molecular formula is C13H15N5S2. The summed E-state index contributed by atoms with van der Waals surface area (Å²) in [6, 6.07) is 2.10. The second-order valence-electron chi connectivity index (χ2n) is 4.45. The Morgan fingerprint density at radius 1 is 1.40 bits per heavy atom. The molecule has 0 aliphatic heterocycles. The van der Waals surface area contributed by atoms with E-state index in [1.165, 1.54) is 4.88 Å². The molecule has 1 unspecified atom stereocenters. The van der Waals surface area contributed by atoms with Crippen LogP contribution in [0.1, 0.15) is 29.8 Å². The number of anilines is 2. The predicted molar refractivity (Wildman–Crippen MR) is 85.4 cm³/mol. The van der Waals surface area contributed by atoms with Crippen LogP contribution in [-0.2, 0) is 6.42 Å². The van der Waals surface area contributed by atoms with Gasteiger partial charge in [-0.2, -0.15) is 4.98 Å². The summed E-state index contributed by atoms with van der Waals surface area (Å²) in [5.41, 5.74) is 5.76. The van der Waals surface area contributed by atoms with E-state index >= 15 is 0 Å². The topological polar surface area (TPSA) is 76.7 Å². The standard InChI is InChI=1S/C13H15N5S2/c1-3-8-6-15-11(20-8)7(2)16-10-9-4-5-19-12(9)18-13(14)17-10/h4-7H,3H2,1-2H3,(H3,14,16,17,18). The van der Waals surface area contributed by atoms with Gasteiger partial charge in [0.2, 0.25) is 5.95 Å². The van der Waals surface area contributed by atoms with Crippen LogP contribution in [0, 0.1) is 0 Å². The molecule has 104 valence electrons. The fraction of sp³-hybridized carbons (Fsp3) is 0.308. The zero-order chi connectivity index (χ0) is 14.1. The molecule has 1 atom stereocenters. The first-order valence-electron chi connectivity index (χ1n) is 6.39. The minimum absolute atomic E-state index is 0.0951. The van der Waals surface area contributed by atoms with Crippen molar-refractivity contribution in [1.29, 1.82) is 0 Å². The number of nitrogens with one attached hydrogen (secondary N) is 1. The molecule has 0 aromatic carbocycles. The number of nitrogen functional groups attached to an aromatic ring is 1. The lowest BCUT2D eigenvalue weighted by molar-refractivity contribution is 0.862. The maximum Gasteiger partial charge on any atom is 0.223 e. The summed E-state index contributed by atoms with van der Waals surface area (Å²) in [4.78, 5) is 15.2. The van der Waals surface area contributed by atoms with Crippen molar-refractivity contribution in [3.05, 3.63) is 27.5 Å². The van der Waals surface area contributed by atoms with E-state index < -0.39 is 0 Å². The number of aromatic nitrogens is 3. The van der Waals surface area contributed by atoms with Crippen LogP contribution in [0.4, 0.5) is 11.8 Å². The Balaban J connectivity index is 1.90. The highest BCUT2D eigenvalue weighted by Gasteiger charge is 2.14. The van der Waals surface area contributed by atoms with Gasteiger partial charge >= 0.3 is 0 Å². The first-order chi connectivity index (χ1) is 9.67. The molecule has 3 N–H and O–H groups in total. The summed E-state index contributed by atoms with van der Waals surface area (Å²) in [6.07, 6.45) is 2.95. The summed E-state index contributed by atoms with van der Waals surface area (Å²) in [5, 5.41) is 7.44. The fourth-order valence-electron chi connectivity index (χ4n) is 1.94. The molecule has 0 aliphatic rings. The van der Waals surface area contributed by atoms with Gasteiger partial charge in [0.1, 0.15) is 15.7 Å². The van der Waals surface area contributed by atoms with Crippen molar-refractivity contribution < 1.29 is 0 Å². The minimum atomic E-state index is 0.0951. The number of rotatable bonds is 4. The second kappa shape index (κ2) is 5.34. The van der Waals surface area contributed by atoms with Crippen LogP contribution in [-0.4, -0.2) is 15.0 Å². The van der Waals surface area contributed by atoms with Gasteiger partial charge in [-0.05, 0) is 24.8 Å². The second-order valence-corrected chi connectivity index (χ2v) is 6.50. The van der Waals surface area contributed by atoms with Gasteiger partial charge in [-0.15, -0.1) is 22.7 Å². The highest BCUT2D eigenvalue weighted by molar-refractivity contribution is 7.16. The zero-order valence-electron chi connectivity index (χ0n) is 11.3. The molecule has 3 aromatic heterocycles. The molecule has 3 aromatic rings. The number of hydrogen-bond acceptors (Lipinski definition) is 7. The molecule has 20 heavy (non-hydrogen) atoms. The zero-order valence-corrected chi connectivity index (χ0v) is 12.9. The lowest BCUT2D eigenvalue weighted by atomic mass is 10.3. The van der Waals surface area contributed by atoms with Crippen LogP contribution in [0.3, 0.4) is 0 Å². The molecule has 3 heterocycles. The Hall–Kier alpha value is -1.73. The Bertz CT molecular complexity index is 733. The number of thiophene rings is 1. The third kappa shape index (κ3) is 2.46. The van der Waals surface area contributed by atoms with Crippen molar-refractivity contribution in [2.45, 2.75) is 26.3 Å². The average Bonchev–Trinajstić information content (AvgIpc) is 3.06. The van der Waals surface area contributed by atoms with Crippen LogP contribution in [0.25, 0.3) is 10.2 Å². The monoisotopic (exact) mass is 305 g/mol. The molecule has 0 spiro atoms. The number of fused-ring (bicyclic) bond motifs is 1. The number of nitrogens with two attached hydrogens (primary N) is 1. The summed E-state index contributed by atoms with van der Waals surface area (Å²) in [7, 11) is 0. The van der Waals surface area contributed by atoms with E-state index in [1.54, 1.807) is 22.7 Å². The first-order valence-corrected chi connectivity index (χ1v) is 8.09. The van der Waals surface area contributed by atoms with Gasteiger partial charge in [-0.25, -0.2) is 9.97 Å². The van der Waals surface area contributed by atoms with Gasteiger partial charge in [0.05, 0.1) is 11.4 Å². The molecule has 7 heteroatoms. The summed E-state index contributed by atoms with van der Waals surface area (Å²) in [6.45, 7) is 4.21. The largest absolute Gasteiger partial charge is 0.368 e. The number of aryl methyl sites for hydroxylation is 1. The van der Waals surface area contributed by atoms with Crippen molar-refractivity contribution in [1.82, 2.24) is 15.0 Å². The van der Waals surface area contributed by atoms with Crippen LogP contribution in [0.15, 0.2) is 17.6 Å². The Morgan fingerprint density at radius 3 is 3.00 bits per heavy atom. The lowest BCUT2D eigenvalue weighted by Crippen LogP contribution is -2.09. The van der Waals surface area contributed by atoms with Gasteiger partial charge in [0.25, 0.3) is 0 Å². The van der Waals surface area contributed by atoms with Crippen LogP contribution in [0.5, 0.6) is 0 Å². The fourth-order valence-corrected chi connectivity index (χ4v) is 3.57. The summed E-state index contributed by atoms with van der Waals surface area (Å²) in [5.74, 6) is 1.07. The Kier molecular flexibility index (Phi) is 3.54. The molecule has 0 radical (unpaired) electrons. The third-order valence-corrected chi connectivity index (χ3v) is 5.12. The molecule has 0 saturated heterocycles. The van der Waals surface area contributed by atoms with E-state index in [0.29, 0.717) is 5.95 Å². The Morgan fingerprint density at radius 2 is 2.25 bits per heavy atom. The first kappa shape index (κ1) is 13.3. The Labute approximate surface area is 124 Å². The van der Waals surface area contributed by atoms with E-state index in [0.717, 1.165) is 27.5 Å². The molecule has 3 rings (SSSR count). The SMILES string of the molecule is CCc1cnc(C(C)Nc2nc(N)nc3sccc23)s1. The van der Waals surface area contributed by atoms with Crippen molar-refractivity contribution in [3.63, 3.8) is 0 Å². The number of hydrogen-bond donors (Lipinski definition) is 2. The van der Waals surface area contributed by atoms with E-state index in [9.17, 15) is 0 Å². The van der Waals surface area contributed by atoms with E-state index in [1.807, 2.05) is 17.6 Å². The smallest absolute Gasteiger partial charge is 0.223 e. The molecule has 0 aliphatic carbocycles. The molecule has 0 bridgehead atoms. The minimum Gasteiger partial charge on any atom is -0.368 e. The van der Waals surface area contributed by atoms with Gasteiger partial charge in [-0.3, -0.25) is 0 Å². The van der Waals surface area contributed by atoms with E-state index in [4.69, 9.17) is 5.73 Å². The van der Waals surface area contributed by atoms with E-state index in [2.05, 4.69) is 34.1 Å². The number of thiazole rings is 1. The highest BCUT2D eigenvalue weighted by atomic mass is 32.1. The van der Waals surface area contributed by atoms with Gasteiger partial charge in [0.15, 0.2) is 0 Å². The molecule has 5 nitrogen and oxygen atoms in total. The summed E-state index contributed by atoms with van der Waals surface area (Å²) >= 11 is 3.29. The van der Waals surface area contributed by atoms with E-state index in [-0.39, 0.29) is 6.04 Å². The van der Waals surface area contributed by atoms with Gasteiger partial charge in [0, 0.05) is 11.1 Å². The quantitative estimate of drug-likeness (QED) is 0.772. The van der Waals surface area contributed by atoms with Crippen LogP contribution < -0.4 is 11.1 Å². The molecular weight excluding hydrogens is 290 g/mol. The van der Waals surface area contributed by atoms with Crippen molar-refractivity contribution in [3.8, 4) is 0 Å². The van der Waals surface area contributed by atoms with Crippen molar-refractivity contribution >= 4 is 44.7 Å². The highest BCUT2D eigenvalue weighted by Crippen LogP contribution is 2.29. The van der Waals surface area contributed by atoms with Crippen molar-refractivity contribution in [2.24, 2.45) is 0 Å². The lowest BCUT2D eigenvalue weighted by Gasteiger charge is -2.12. The van der Waals surface area contributed by atoms with Gasteiger partial charge in [-0.1, -0.05) is 6.92 Å². The van der Waals surface area contributed by atoms with Crippen molar-refractivity contribution in [2.75, 3.05) is 11.1 Å². The molecule has 0 fully saturated rings. The summed E-state index contributed by atoms with van der Waals surface area (Å²) < 4.78 is 0. The normalized spacial score (nSPS) is 12.7. The molecule has 0 saturated carbocycles. The predicted octanol–water partition coefficient (Wildman–Crippen LogP) is 3.47. The number of nitrogens with zero attached hydrogens (tertiary/aromatic N) is 3. The maximum absolute atomic E-state index is 5.76. The van der Waals surface area contributed by atoms with Crippen LogP contribution >= 0.6 is 22.7 Å². The van der Waals surface area contributed by atoms with Gasteiger partial charge < -0.3 is 11.1 Å². The third-order valence-electron chi connectivity index (χ3n) is 2.99. The average molecular weight is 305 g/mol. The molecule has 0 amide bonds.